The van der Waals surface area contributed by atoms with Crippen molar-refractivity contribution in [1.29, 1.82) is 0 Å². The van der Waals surface area contributed by atoms with Crippen molar-refractivity contribution >= 4 is 38.9 Å². The lowest BCUT2D eigenvalue weighted by atomic mass is 10.2. The third-order valence-electron chi connectivity index (χ3n) is 5.14. The molecule has 0 aliphatic carbocycles. The number of thiocarbonyl (C=S) groups is 1. The number of carbonyl (C=O) groups is 1. The number of fused-ring (bicyclic) bond motifs is 1. The molecule has 2 aromatic rings. The molecule has 2 aromatic carbocycles. The van der Waals surface area contributed by atoms with E-state index < -0.39 is 39.7 Å². The van der Waals surface area contributed by atoms with E-state index in [-0.39, 0.29) is 41.0 Å². The van der Waals surface area contributed by atoms with Crippen molar-refractivity contribution in [3.63, 3.8) is 0 Å². The fourth-order valence-corrected chi connectivity index (χ4v) is 5.37. The summed E-state index contributed by atoms with van der Waals surface area (Å²) in [7, 11) is -4.18. The first kappa shape index (κ1) is 24.1. The molecule has 2 aliphatic rings. The Labute approximate surface area is 198 Å². The number of ether oxygens (including phenoxy) is 2. The van der Waals surface area contributed by atoms with Crippen molar-refractivity contribution < 1.29 is 36.6 Å². The number of nitrogens with one attached hydrogen (secondary N) is 3. The SMILES string of the molecule is O=C(NNC(=S)Nc1ccc(F)cc1F)[C@H]1C[C@@H](O)CN1S(=O)(=O)c1ccc2c(c1)OCCO2. The highest BCUT2D eigenvalue weighted by Crippen LogP contribution is 2.34. The van der Waals surface area contributed by atoms with Gasteiger partial charge in [0.05, 0.1) is 16.7 Å². The molecule has 4 N–H and O–H groups in total. The molecule has 182 valence electrons. The Morgan fingerprint density at radius 2 is 1.82 bits per heavy atom. The number of hydrazine groups is 1. The van der Waals surface area contributed by atoms with Gasteiger partial charge in [-0.3, -0.25) is 15.6 Å². The van der Waals surface area contributed by atoms with Crippen molar-refractivity contribution in [2.24, 2.45) is 0 Å². The summed E-state index contributed by atoms with van der Waals surface area (Å²) < 4.78 is 65.0. The summed E-state index contributed by atoms with van der Waals surface area (Å²) in [5.74, 6) is -1.79. The monoisotopic (exact) mass is 514 g/mol. The number of amides is 1. The summed E-state index contributed by atoms with van der Waals surface area (Å²) in [4.78, 5) is 12.6. The van der Waals surface area contributed by atoms with Gasteiger partial charge in [-0.15, -0.1) is 0 Å². The normalized spacial score (nSPS) is 20.0. The van der Waals surface area contributed by atoms with E-state index in [2.05, 4.69) is 16.2 Å². The smallest absolute Gasteiger partial charge is 0.256 e. The van der Waals surface area contributed by atoms with Gasteiger partial charge in [-0.25, -0.2) is 17.2 Å². The van der Waals surface area contributed by atoms with E-state index in [0.717, 1.165) is 16.4 Å². The quantitative estimate of drug-likeness (QED) is 0.347. The van der Waals surface area contributed by atoms with Crippen LogP contribution in [0.4, 0.5) is 14.5 Å². The Bertz CT molecular complexity index is 1230. The molecule has 2 heterocycles. The van der Waals surface area contributed by atoms with Crippen LogP contribution in [0, 0.1) is 11.6 Å². The van der Waals surface area contributed by atoms with Gasteiger partial charge in [-0.2, -0.15) is 4.31 Å². The molecule has 1 fully saturated rings. The van der Waals surface area contributed by atoms with Crippen LogP contribution in [0.3, 0.4) is 0 Å². The molecule has 0 saturated carbocycles. The standard InChI is InChI=1S/C20H20F2N4O6S2/c21-11-1-3-15(14(22)7-11)23-20(33)25-24-19(28)16-8-12(27)10-26(16)34(29,30)13-2-4-17-18(9-13)32-6-5-31-17/h1-4,7,9,12,16,27H,5-6,8,10H2,(H,24,28)(H2,23,25,33)/t12-,16-/m1/s1. The highest BCUT2D eigenvalue weighted by atomic mass is 32.2. The van der Waals surface area contributed by atoms with Crippen LogP contribution in [0.2, 0.25) is 0 Å². The maximum absolute atomic E-state index is 13.8. The number of hydrogen-bond donors (Lipinski definition) is 4. The summed E-state index contributed by atoms with van der Waals surface area (Å²) in [5.41, 5.74) is 4.45. The second-order valence-electron chi connectivity index (χ2n) is 7.48. The van der Waals surface area contributed by atoms with Gasteiger partial charge >= 0.3 is 0 Å². The molecule has 4 rings (SSSR count). The molecule has 0 unspecified atom stereocenters. The highest BCUT2D eigenvalue weighted by molar-refractivity contribution is 7.89. The van der Waals surface area contributed by atoms with Gasteiger partial charge in [0, 0.05) is 25.1 Å². The van der Waals surface area contributed by atoms with Crippen molar-refractivity contribution in [1.82, 2.24) is 15.2 Å². The molecular weight excluding hydrogens is 494 g/mol. The average Bonchev–Trinajstić information content (AvgIpc) is 3.21. The fourth-order valence-electron chi connectivity index (χ4n) is 3.55. The number of halogens is 2. The van der Waals surface area contributed by atoms with E-state index in [4.69, 9.17) is 21.7 Å². The maximum Gasteiger partial charge on any atom is 0.256 e. The van der Waals surface area contributed by atoms with Crippen LogP contribution < -0.4 is 25.6 Å². The lowest BCUT2D eigenvalue weighted by Crippen LogP contribution is -2.52. The third kappa shape index (κ3) is 5.04. The van der Waals surface area contributed by atoms with Crippen LogP contribution in [0.1, 0.15) is 6.42 Å². The van der Waals surface area contributed by atoms with Crippen LogP contribution in [-0.2, 0) is 14.8 Å². The minimum atomic E-state index is -4.18. The van der Waals surface area contributed by atoms with Crippen molar-refractivity contribution in [3.05, 3.63) is 48.0 Å². The van der Waals surface area contributed by atoms with Crippen molar-refractivity contribution in [2.75, 3.05) is 25.1 Å². The number of anilines is 1. The van der Waals surface area contributed by atoms with Crippen LogP contribution in [0.15, 0.2) is 41.3 Å². The predicted octanol–water partition coefficient (Wildman–Crippen LogP) is 0.878. The van der Waals surface area contributed by atoms with Crippen molar-refractivity contribution in [3.8, 4) is 11.5 Å². The second-order valence-corrected chi connectivity index (χ2v) is 9.78. The minimum absolute atomic E-state index is 0.124. The summed E-state index contributed by atoms with van der Waals surface area (Å²) in [5, 5.41) is 12.3. The number of nitrogens with zero attached hydrogens (tertiary/aromatic N) is 1. The maximum atomic E-state index is 13.8. The molecular formula is C20H20F2N4O6S2. The Morgan fingerprint density at radius 1 is 1.09 bits per heavy atom. The number of sulfonamides is 1. The van der Waals surface area contributed by atoms with Crippen LogP contribution in [0.25, 0.3) is 0 Å². The fraction of sp³-hybridized carbons (Fsp3) is 0.300. The zero-order valence-electron chi connectivity index (χ0n) is 17.5. The molecule has 14 heteroatoms. The van der Waals surface area contributed by atoms with Gasteiger partial charge in [0.15, 0.2) is 16.6 Å². The van der Waals surface area contributed by atoms with Gasteiger partial charge in [0.25, 0.3) is 5.91 Å². The molecule has 0 aromatic heterocycles. The van der Waals surface area contributed by atoms with E-state index in [0.29, 0.717) is 18.4 Å². The number of β-amino-alcohol motifs (C(OH)–C–C–N with tert-alkyl or cyclic N) is 1. The molecule has 0 spiro atoms. The van der Waals surface area contributed by atoms with Gasteiger partial charge in [-0.1, -0.05) is 0 Å². The van der Waals surface area contributed by atoms with Crippen LogP contribution >= 0.6 is 12.2 Å². The first-order valence-corrected chi connectivity index (χ1v) is 11.9. The highest BCUT2D eigenvalue weighted by Gasteiger charge is 2.43. The number of aliphatic hydroxyl groups is 1. The van der Waals surface area contributed by atoms with Gasteiger partial charge in [0.1, 0.15) is 30.9 Å². The Kier molecular flexibility index (Phi) is 6.84. The first-order valence-electron chi connectivity index (χ1n) is 10.1. The Balaban J connectivity index is 1.44. The third-order valence-corrected chi connectivity index (χ3v) is 7.21. The Hall–Kier alpha value is -3.07. The number of carbonyl (C=O) groups excluding carboxylic acids is 1. The van der Waals surface area contributed by atoms with Crippen LogP contribution in [-0.4, -0.2) is 60.8 Å². The first-order chi connectivity index (χ1) is 16.1. The number of hydrogen-bond acceptors (Lipinski definition) is 7. The minimum Gasteiger partial charge on any atom is -0.486 e. The lowest BCUT2D eigenvalue weighted by Gasteiger charge is -2.24. The van der Waals surface area contributed by atoms with E-state index in [1.54, 1.807) is 0 Å². The molecule has 0 radical (unpaired) electrons. The summed E-state index contributed by atoms with van der Waals surface area (Å²) in [6.07, 6.45) is -1.22. The largest absolute Gasteiger partial charge is 0.486 e. The van der Waals surface area contributed by atoms with Crippen molar-refractivity contribution in [2.45, 2.75) is 23.5 Å². The molecule has 2 atom stereocenters. The topological polar surface area (TPSA) is 129 Å². The molecule has 0 bridgehead atoms. The number of benzene rings is 2. The van der Waals surface area contributed by atoms with Gasteiger partial charge in [0.2, 0.25) is 10.0 Å². The van der Waals surface area contributed by atoms with E-state index in [9.17, 15) is 27.1 Å². The summed E-state index contributed by atoms with van der Waals surface area (Å²) in [6.45, 7) is 0.320. The van der Waals surface area contributed by atoms with E-state index in [1.165, 1.54) is 18.2 Å². The summed E-state index contributed by atoms with van der Waals surface area (Å²) in [6, 6.07) is 5.65. The predicted molar refractivity (Wildman–Crippen MR) is 120 cm³/mol. The number of aliphatic hydroxyl groups excluding tert-OH is 1. The molecule has 10 nitrogen and oxygen atoms in total. The molecule has 2 aliphatic heterocycles. The van der Waals surface area contributed by atoms with Gasteiger partial charge < -0.3 is 19.9 Å². The molecule has 1 amide bonds. The zero-order chi connectivity index (χ0) is 24.5. The average molecular weight is 515 g/mol. The molecule has 1 saturated heterocycles. The van der Waals surface area contributed by atoms with Gasteiger partial charge in [-0.05, 0) is 36.5 Å². The molecule has 34 heavy (non-hydrogen) atoms. The second kappa shape index (κ2) is 9.66. The van der Waals surface area contributed by atoms with Crippen LogP contribution in [0.5, 0.6) is 11.5 Å². The van der Waals surface area contributed by atoms with E-state index in [1.807, 2.05) is 0 Å². The van der Waals surface area contributed by atoms with E-state index >= 15 is 0 Å². The zero-order valence-corrected chi connectivity index (χ0v) is 19.1. The number of rotatable bonds is 4. The lowest BCUT2D eigenvalue weighted by molar-refractivity contribution is -0.124. The Morgan fingerprint density at radius 3 is 2.56 bits per heavy atom. The summed E-state index contributed by atoms with van der Waals surface area (Å²) >= 11 is 4.98.